The minimum absolute atomic E-state index is 0.173. The van der Waals surface area contributed by atoms with Crippen molar-refractivity contribution in [2.45, 2.75) is 19.4 Å². The summed E-state index contributed by atoms with van der Waals surface area (Å²) in [5.41, 5.74) is 0. The Morgan fingerprint density at radius 1 is 1.69 bits per heavy atom. The highest BCUT2D eigenvalue weighted by molar-refractivity contribution is 9.11. The molecule has 1 aliphatic rings. The molecular formula is C8H11BrN2O2. The molecule has 1 N–H and O–H groups in total. The van der Waals surface area contributed by atoms with E-state index in [1.54, 1.807) is 0 Å². The van der Waals surface area contributed by atoms with Crippen LogP contribution in [0.15, 0.2) is 11.1 Å². The number of halogens is 1. The number of carbonyl (C=O) groups excluding carboxylic acids is 2. The van der Waals surface area contributed by atoms with Gasteiger partial charge in [-0.3, -0.25) is 9.69 Å². The number of carbonyl (C=O) groups is 2. The highest BCUT2D eigenvalue weighted by Gasteiger charge is 2.36. The molecule has 4 nitrogen and oxygen atoms in total. The van der Waals surface area contributed by atoms with Crippen molar-refractivity contribution in [3.8, 4) is 0 Å². The molecule has 0 aliphatic carbocycles. The smallest absolute Gasteiger partial charge is 0.325 e. The summed E-state index contributed by atoms with van der Waals surface area (Å²) in [5.74, 6) is -0.173. The minimum Gasteiger partial charge on any atom is -0.326 e. The van der Waals surface area contributed by atoms with Crippen LogP contribution in [-0.2, 0) is 4.79 Å². The molecule has 72 valence electrons. The number of imide groups is 1. The fraction of sp³-hybridized carbons (Fsp3) is 0.500. The van der Waals surface area contributed by atoms with Crippen LogP contribution in [0.3, 0.4) is 0 Å². The van der Waals surface area contributed by atoms with E-state index in [-0.39, 0.29) is 24.5 Å². The zero-order valence-electron chi connectivity index (χ0n) is 7.34. The molecule has 0 saturated carbocycles. The number of hydrogen-bond acceptors (Lipinski definition) is 2. The maximum absolute atomic E-state index is 11.5. The van der Waals surface area contributed by atoms with Gasteiger partial charge in [0.05, 0.1) is 6.54 Å². The van der Waals surface area contributed by atoms with Crippen molar-refractivity contribution in [1.82, 2.24) is 10.2 Å². The summed E-state index contributed by atoms with van der Waals surface area (Å²) in [6, 6.07) is -0.697. The normalized spacial score (nSPS) is 22.0. The summed E-state index contributed by atoms with van der Waals surface area (Å²) < 4.78 is 0.618. The quantitative estimate of drug-likeness (QED) is 0.762. The van der Waals surface area contributed by atoms with E-state index in [2.05, 4.69) is 27.8 Å². The molecule has 0 aromatic rings. The molecule has 0 radical (unpaired) electrons. The van der Waals surface area contributed by atoms with Crippen molar-refractivity contribution >= 4 is 27.9 Å². The molecule has 3 amide bonds. The first-order valence-corrected chi connectivity index (χ1v) is 4.80. The molecule has 0 aromatic heterocycles. The van der Waals surface area contributed by atoms with Gasteiger partial charge in [0.2, 0.25) is 0 Å². The van der Waals surface area contributed by atoms with Gasteiger partial charge in [-0.25, -0.2) is 4.79 Å². The third kappa shape index (κ3) is 2.09. The number of hydrogen-bond donors (Lipinski definition) is 1. The first-order chi connectivity index (χ1) is 6.06. The van der Waals surface area contributed by atoms with E-state index in [4.69, 9.17) is 0 Å². The van der Waals surface area contributed by atoms with Crippen molar-refractivity contribution in [3.05, 3.63) is 11.1 Å². The SMILES string of the molecule is C=C(Br)CN1C(=O)N[C@@H](CC)C1=O. The Labute approximate surface area is 85.1 Å². The number of rotatable bonds is 3. The Hall–Kier alpha value is -0.840. The van der Waals surface area contributed by atoms with E-state index >= 15 is 0 Å². The van der Waals surface area contributed by atoms with Crippen LogP contribution in [0, 0.1) is 0 Å². The highest BCUT2D eigenvalue weighted by atomic mass is 79.9. The molecule has 1 aliphatic heterocycles. The summed E-state index contributed by atoms with van der Waals surface area (Å²) in [5, 5.41) is 2.58. The first kappa shape index (κ1) is 10.2. The second-order valence-corrected chi connectivity index (χ2v) is 3.97. The monoisotopic (exact) mass is 246 g/mol. The van der Waals surface area contributed by atoms with Gasteiger partial charge >= 0.3 is 6.03 Å². The van der Waals surface area contributed by atoms with Crippen LogP contribution in [0.25, 0.3) is 0 Å². The molecule has 5 heteroatoms. The van der Waals surface area contributed by atoms with E-state index < -0.39 is 0 Å². The largest absolute Gasteiger partial charge is 0.326 e. The summed E-state index contributed by atoms with van der Waals surface area (Å²) >= 11 is 3.11. The fourth-order valence-electron chi connectivity index (χ4n) is 1.17. The van der Waals surface area contributed by atoms with Gasteiger partial charge in [-0.15, -0.1) is 0 Å². The van der Waals surface area contributed by atoms with Crippen LogP contribution < -0.4 is 5.32 Å². The predicted octanol–water partition coefficient (Wildman–Crippen LogP) is 1.23. The molecule has 1 atom stereocenters. The second-order valence-electron chi connectivity index (χ2n) is 2.85. The van der Waals surface area contributed by atoms with Gasteiger partial charge in [-0.2, -0.15) is 0 Å². The minimum atomic E-state index is -0.362. The molecule has 1 rings (SSSR count). The predicted molar refractivity (Wildman–Crippen MR) is 52.4 cm³/mol. The lowest BCUT2D eigenvalue weighted by atomic mass is 10.2. The van der Waals surface area contributed by atoms with Gasteiger partial charge in [0.15, 0.2) is 0 Å². The second kappa shape index (κ2) is 3.91. The zero-order chi connectivity index (χ0) is 10.0. The van der Waals surface area contributed by atoms with Gasteiger partial charge in [-0.1, -0.05) is 29.4 Å². The van der Waals surface area contributed by atoms with Crippen molar-refractivity contribution in [2.24, 2.45) is 0 Å². The molecule has 0 unspecified atom stereocenters. The first-order valence-electron chi connectivity index (χ1n) is 4.01. The van der Waals surface area contributed by atoms with Crippen LogP contribution in [0.5, 0.6) is 0 Å². The third-order valence-corrected chi connectivity index (χ3v) is 2.10. The van der Waals surface area contributed by atoms with E-state index in [9.17, 15) is 9.59 Å². The Morgan fingerprint density at radius 3 is 2.69 bits per heavy atom. The van der Waals surface area contributed by atoms with Crippen LogP contribution in [0.4, 0.5) is 4.79 Å². The molecule has 0 bridgehead atoms. The van der Waals surface area contributed by atoms with Crippen molar-refractivity contribution in [2.75, 3.05) is 6.54 Å². The molecule has 1 saturated heterocycles. The van der Waals surface area contributed by atoms with E-state index in [1.165, 1.54) is 0 Å². The Kier molecular flexibility index (Phi) is 3.08. The molecule has 1 fully saturated rings. The van der Waals surface area contributed by atoms with Gasteiger partial charge in [-0.05, 0) is 6.42 Å². The summed E-state index contributed by atoms with van der Waals surface area (Å²) in [6.45, 7) is 5.67. The Bertz CT molecular complexity index is 265. The molecule has 13 heavy (non-hydrogen) atoms. The van der Waals surface area contributed by atoms with E-state index in [1.807, 2.05) is 6.92 Å². The van der Waals surface area contributed by atoms with Crippen LogP contribution in [0.1, 0.15) is 13.3 Å². The topological polar surface area (TPSA) is 49.4 Å². The summed E-state index contributed by atoms with van der Waals surface area (Å²) in [4.78, 5) is 23.8. The zero-order valence-corrected chi connectivity index (χ0v) is 8.93. The van der Waals surface area contributed by atoms with Gasteiger partial charge in [0.25, 0.3) is 5.91 Å². The number of urea groups is 1. The van der Waals surface area contributed by atoms with E-state index in [0.29, 0.717) is 10.9 Å². The van der Waals surface area contributed by atoms with Crippen LogP contribution in [0.2, 0.25) is 0 Å². The lowest BCUT2D eigenvalue weighted by Gasteiger charge is -2.10. The number of nitrogens with one attached hydrogen (secondary N) is 1. The molecule has 0 spiro atoms. The van der Waals surface area contributed by atoms with Crippen molar-refractivity contribution in [3.63, 3.8) is 0 Å². The van der Waals surface area contributed by atoms with Crippen LogP contribution >= 0.6 is 15.9 Å². The lowest BCUT2D eigenvalue weighted by molar-refractivity contribution is -0.127. The standard InChI is InChI=1S/C8H11BrN2O2/c1-3-6-7(12)11(4-5(2)9)8(13)10-6/h6H,2-4H2,1H3,(H,10,13)/t6-/m0/s1. The molecule has 0 aromatic carbocycles. The molecule has 1 heterocycles. The summed E-state index contributed by atoms with van der Waals surface area (Å²) in [7, 11) is 0. The van der Waals surface area contributed by atoms with Gasteiger partial charge in [0, 0.05) is 4.48 Å². The number of amides is 3. The maximum atomic E-state index is 11.5. The third-order valence-electron chi connectivity index (χ3n) is 1.84. The van der Waals surface area contributed by atoms with Gasteiger partial charge < -0.3 is 5.32 Å². The Balaban J connectivity index is 2.70. The average molecular weight is 247 g/mol. The van der Waals surface area contributed by atoms with Crippen molar-refractivity contribution in [1.29, 1.82) is 0 Å². The van der Waals surface area contributed by atoms with Crippen LogP contribution in [-0.4, -0.2) is 29.4 Å². The van der Waals surface area contributed by atoms with E-state index in [0.717, 1.165) is 4.90 Å². The van der Waals surface area contributed by atoms with Gasteiger partial charge in [0.1, 0.15) is 6.04 Å². The maximum Gasteiger partial charge on any atom is 0.325 e. The number of nitrogens with zero attached hydrogens (tertiary/aromatic N) is 1. The lowest BCUT2D eigenvalue weighted by Crippen LogP contribution is -2.32. The molecular weight excluding hydrogens is 236 g/mol. The fourth-order valence-corrected chi connectivity index (χ4v) is 1.43. The average Bonchev–Trinajstić information content (AvgIpc) is 2.31. The summed E-state index contributed by atoms with van der Waals surface area (Å²) in [6.07, 6.45) is 0.621. The highest BCUT2D eigenvalue weighted by Crippen LogP contribution is 2.12. The van der Waals surface area contributed by atoms with Crippen molar-refractivity contribution < 1.29 is 9.59 Å². The Morgan fingerprint density at radius 2 is 2.31 bits per heavy atom.